The molecule has 0 fully saturated rings. The molecule has 5 nitrogen and oxygen atoms in total. The molecular formula is C14H13NO4S2. The number of carbonyl (C=O) groups is 1. The summed E-state index contributed by atoms with van der Waals surface area (Å²) in [6.45, 7) is 1.25. The van der Waals surface area contributed by atoms with Gasteiger partial charge in [-0.3, -0.25) is 4.79 Å². The molecule has 1 heterocycles. The fourth-order valence-corrected chi connectivity index (χ4v) is 3.52. The summed E-state index contributed by atoms with van der Waals surface area (Å²) in [5, 5.41) is 6.76. The van der Waals surface area contributed by atoms with Crippen LogP contribution in [0.1, 0.15) is 18.1 Å². The molecule has 7 heteroatoms. The predicted octanol–water partition coefficient (Wildman–Crippen LogP) is 2.46. The van der Waals surface area contributed by atoms with E-state index in [0.717, 1.165) is 16.9 Å². The van der Waals surface area contributed by atoms with Crippen molar-refractivity contribution in [2.45, 2.75) is 11.1 Å². The second kappa shape index (κ2) is 6.21. The number of benzene rings is 1. The van der Waals surface area contributed by atoms with Crippen LogP contribution in [-0.2, 0) is 19.6 Å². The molecule has 0 aliphatic rings. The fraction of sp³-hybridized carbons (Fsp3) is 0.0714. The number of ether oxygens (including phenoxy) is 1. The van der Waals surface area contributed by atoms with Gasteiger partial charge in [-0.2, -0.15) is 0 Å². The maximum atomic E-state index is 11.6. The topological polar surface area (TPSA) is 86.5 Å². The molecule has 2 N–H and O–H groups in total. The Hall–Kier alpha value is -1.96. The van der Waals surface area contributed by atoms with Gasteiger partial charge < -0.3 is 4.74 Å². The van der Waals surface area contributed by atoms with Crippen molar-refractivity contribution in [1.29, 1.82) is 0 Å². The third-order valence-electron chi connectivity index (χ3n) is 2.50. The Balaban J connectivity index is 2.55. The second-order valence-electron chi connectivity index (χ2n) is 4.18. The van der Waals surface area contributed by atoms with Gasteiger partial charge in [-0.05, 0) is 23.1 Å². The maximum absolute atomic E-state index is 11.6. The lowest BCUT2D eigenvalue weighted by molar-refractivity contribution is -0.134. The highest BCUT2D eigenvalue weighted by Gasteiger charge is 2.20. The van der Waals surface area contributed by atoms with Gasteiger partial charge in [0.1, 0.15) is 9.97 Å². The smallest absolute Gasteiger partial charge is 0.308 e. The number of primary sulfonamides is 1. The van der Waals surface area contributed by atoms with Gasteiger partial charge in [-0.1, -0.05) is 30.3 Å². The molecule has 0 spiro atoms. The van der Waals surface area contributed by atoms with Crippen molar-refractivity contribution in [3.63, 3.8) is 0 Å². The van der Waals surface area contributed by atoms with E-state index in [2.05, 4.69) is 0 Å². The summed E-state index contributed by atoms with van der Waals surface area (Å²) < 4.78 is 28.3. The van der Waals surface area contributed by atoms with Gasteiger partial charge in [0.05, 0.1) is 0 Å². The van der Waals surface area contributed by atoms with Crippen molar-refractivity contribution in [2.75, 3.05) is 0 Å². The van der Waals surface area contributed by atoms with Crippen LogP contribution in [-0.4, -0.2) is 14.4 Å². The molecule has 21 heavy (non-hydrogen) atoms. The van der Waals surface area contributed by atoms with Crippen LogP contribution in [0.5, 0.6) is 0 Å². The van der Waals surface area contributed by atoms with Gasteiger partial charge in [0.25, 0.3) is 0 Å². The summed E-state index contributed by atoms with van der Waals surface area (Å²) in [4.78, 5) is 11.3. The van der Waals surface area contributed by atoms with E-state index in [4.69, 9.17) is 9.88 Å². The highest BCUT2D eigenvalue weighted by molar-refractivity contribution is 7.91. The summed E-state index contributed by atoms with van der Waals surface area (Å²) in [6.07, 6.45) is 1.60. The molecule has 1 aromatic heterocycles. The number of sulfonamides is 1. The standard InChI is InChI=1S/C14H13NO4S2/c1-10(16)19-13(9-11-5-3-2-4-6-11)12-7-8-20-14(12)21(15,17)18/h2-9H,1H3,(H2,15,17,18). The lowest BCUT2D eigenvalue weighted by atomic mass is 10.1. The molecule has 0 amide bonds. The van der Waals surface area contributed by atoms with Crippen LogP contribution >= 0.6 is 11.3 Å². The van der Waals surface area contributed by atoms with E-state index < -0.39 is 16.0 Å². The molecule has 0 unspecified atom stereocenters. The van der Waals surface area contributed by atoms with E-state index in [1.165, 1.54) is 6.92 Å². The van der Waals surface area contributed by atoms with Gasteiger partial charge in [-0.25, -0.2) is 13.6 Å². The molecular weight excluding hydrogens is 310 g/mol. The first kappa shape index (κ1) is 15.4. The van der Waals surface area contributed by atoms with Gasteiger partial charge in [0.15, 0.2) is 0 Å². The number of hydrogen-bond donors (Lipinski definition) is 1. The molecule has 2 aromatic rings. The van der Waals surface area contributed by atoms with Crippen molar-refractivity contribution in [2.24, 2.45) is 5.14 Å². The second-order valence-corrected chi connectivity index (χ2v) is 6.85. The van der Waals surface area contributed by atoms with E-state index in [9.17, 15) is 13.2 Å². The molecule has 0 radical (unpaired) electrons. The average molecular weight is 323 g/mol. The molecule has 1 aromatic carbocycles. The van der Waals surface area contributed by atoms with Crippen molar-refractivity contribution in [3.05, 3.63) is 52.9 Å². The quantitative estimate of drug-likeness (QED) is 0.691. The fourth-order valence-electron chi connectivity index (χ4n) is 1.72. The van der Waals surface area contributed by atoms with Crippen molar-refractivity contribution >= 4 is 39.2 Å². The predicted molar refractivity (Wildman–Crippen MR) is 81.8 cm³/mol. The average Bonchev–Trinajstić information content (AvgIpc) is 2.87. The number of carbonyl (C=O) groups excluding carboxylic acids is 1. The largest absolute Gasteiger partial charge is 0.426 e. The summed E-state index contributed by atoms with van der Waals surface area (Å²) in [6, 6.07) is 10.7. The monoisotopic (exact) mass is 323 g/mol. The summed E-state index contributed by atoms with van der Waals surface area (Å²) in [7, 11) is -3.88. The highest BCUT2D eigenvalue weighted by atomic mass is 32.2. The Bertz CT molecular complexity index is 776. The Morgan fingerprint density at radius 1 is 1.24 bits per heavy atom. The van der Waals surface area contributed by atoms with E-state index in [1.807, 2.05) is 30.3 Å². The number of nitrogens with two attached hydrogens (primary N) is 1. The van der Waals surface area contributed by atoms with E-state index >= 15 is 0 Å². The number of esters is 1. The Kier molecular flexibility index (Phi) is 4.56. The first-order chi connectivity index (χ1) is 9.88. The van der Waals surface area contributed by atoms with Crippen LogP contribution in [0.2, 0.25) is 0 Å². The third-order valence-corrected chi connectivity index (χ3v) is 4.93. The molecule has 0 aliphatic heterocycles. The molecule has 2 rings (SSSR count). The highest BCUT2D eigenvalue weighted by Crippen LogP contribution is 2.30. The molecule has 0 aliphatic carbocycles. The maximum Gasteiger partial charge on any atom is 0.308 e. The first-order valence-electron chi connectivity index (χ1n) is 5.94. The minimum absolute atomic E-state index is 0.0362. The molecule has 0 atom stereocenters. The molecule has 0 bridgehead atoms. The molecule has 110 valence electrons. The van der Waals surface area contributed by atoms with Crippen LogP contribution in [0.25, 0.3) is 11.8 Å². The molecule has 0 saturated heterocycles. The Labute approximate surface area is 126 Å². The zero-order valence-corrected chi connectivity index (χ0v) is 12.8. The van der Waals surface area contributed by atoms with Crippen LogP contribution in [0.3, 0.4) is 0 Å². The summed E-state index contributed by atoms with van der Waals surface area (Å²) in [5.41, 5.74) is 1.06. The van der Waals surface area contributed by atoms with E-state index in [1.54, 1.807) is 17.5 Å². The van der Waals surface area contributed by atoms with Gasteiger partial charge in [0.2, 0.25) is 10.0 Å². The van der Waals surface area contributed by atoms with Crippen molar-refractivity contribution in [1.82, 2.24) is 0 Å². The van der Waals surface area contributed by atoms with Gasteiger partial charge in [0, 0.05) is 12.5 Å². The van der Waals surface area contributed by atoms with Gasteiger partial charge >= 0.3 is 5.97 Å². The van der Waals surface area contributed by atoms with Gasteiger partial charge in [-0.15, -0.1) is 11.3 Å². The van der Waals surface area contributed by atoms with E-state index in [0.29, 0.717) is 0 Å². The summed E-state index contributed by atoms with van der Waals surface area (Å²) in [5.74, 6) is -0.386. The van der Waals surface area contributed by atoms with Crippen LogP contribution in [0.15, 0.2) is 46.0 Å². The normalized spacial score (nSPS) is 12.2. The zero-order valence-electron chi connectivity index (χ0n) is 11.1. The zero-order chi connectivity index (χ0) is 15.5. The van der Waals surface area contributed by atoms with Crippen molar-refractivity contribution in [3.8, 4) is 0 Å². The minimum Gasteiger partial charge on any atom is -0.426 e. The van der Waals surface area contributed by atoms with Crippen molar-refractivity contribution < 1.29 is 17.9 Å². The van der Waals surface area contributed by atoms with E-state index in [-0.39, 0.29) is 15.5 Å². The lowest BCUT2D eigenvalue weighted by Gasteiger charge is -2.08. The third kappa shape index (κ3) is 4.01. The number of thiophene rings is 1. The lowest BCUT2D eigenvalue weighted by Crippen LogP contribution is -2.13. The van der Waals surface area contributed by atoms with Crippen LogP contribution in [0.4, 0.5) is 0 Å². The van der Waals surface area contributed by atoms with Crippen LogP contribution < -0.4 is 5.14 Å². The summed E-state index contributed by atoms with van der Waals surface area (Å²) >= 11 is 0.977. The minimum atomic E-state index is -3.88. The van der Waals surface area contributed by atoms with Crippen LogP contribution in [0, 0.1) is 0 Å². The number of rotatable bonds is 4. The Morgan fingerprint density at radius 3 is 2.48 bits per heavy atom. The SMILES string of the molecule is CC(=O)OC(=Cc1ccccc1)c1ccsc1S(N)(=O)=O. The molecule has 0 saturated carbocycles. The first-order valence-corrected chi connectivity index (χ1v) is 8.36. The number of hydrogen-bond acceptors (Lipinski definition) is 5. The Morgan fingerprint density at radius 2 is 1.90 bits per heavy atom.